The Kier molecular flexibility index (Phi) is 3.67. The minimum Gasteiger partial charge on any atom is -0.355 e. The second-order valence-corrected chi connectivity index (χ2v) is 4.77. The largest absolute Gasteiger partial charge is 0.355 e. The molecular weight excluding hydrogens is 204 g/mol. The summed E-state index contributed by atoms with van der Waals surface area (Å²) < 4.78 is 0. The lowest BCUT2D eigenvalue weighted by molar-refractivity contribution is 0.503. The second kappa shape index (κ2) is 5.21. The van der Waals surface area contributed by atoms with Crippen molar-refractivity contribution in [3.05, 3.63) is 35.9 Å². The molecular formula is C12H16N2S. The third kappa shape index (κ3) is 2.99. The van der Waals surface area contributed by atoms with Crippen molar-refractivity contribution in [2.45, 2.75) is 13.0 Å². The van der Waals surface area contributed by atoms with Gasteiger partial charge in [-0.05, 0) is 12.0 Å². The molecule has 3 heteroatoms. The molecule has 0 amide bonds. The molecule has 0 saturated carbocycles. The number of thioether (sulfide) groups is 1. The number of hydrogen-bond donors (Lipinski definition) is 0. The van der Waals surface area contributed by atoms with Gasteiger partial charge in [0, 0.05) is 19.3 Å². The summed E-state index contributed by atoms with van der Waals surface area (Å²) in [5.41, 5.74) is 1.28. The highest BCUT2D eigenvalue weighted by molar-refractivity contribution is 8.13. The summed E-state index contributed by atoms with van der Waals surface area (Å²) in [5.74, 6) is 1.21. The first kappa shape index (κ1) is 10.6. The Hall–Kier alpha value is -0.960. The molecule has 2 nitrogen and oxygen atoms in total. The predicted octanol–water partition coefficient (Wildman–Crippen LogP) is 2.61. The van der Waals surface area contributed by atoms with E-state index in [0.29, 0.717) is 0 Å². The van der Waals surface area contributed by atoms with E-state index >= 15 is 0 Å². The Morgan fingerprint density at radius 2 is 2.13 bits per heavy atom. The van der Waals surface area contributed by atoms with E-state index < -0.39 is 0 Å². The minimum atomic E-state index is 0.799. The Labute approximate surface area is 95.4 Å². The average molecular weight is 220 g/mol. The van der Waals surface area contributed by atoms with Gasteiger partial charge in [0.05, 0.1) is 6.54 Å². The lowest BCUT2D eigenvalue weighted by Gasteiger charge is -2.25. The SMILES string of the molecule is CN1CCCSC1=NCc1ccccc1. The van der Waals surface area contributed by atoms with Crippen LogP contribution in [0.3, 0.4) is 0 Å². The van der Waals surface area contributed by atoms with Crippen LogP contribution in [0, 0.1) is 0 Å². The van der Waals surface area contributed by atoms with E-state index in [2.05, 4.69) is 41.2 Å². The lowest BCUT2D eigenvalue weighted by atomic mass is 10.2. The van der Waals surface area contributed by atoms with Crippen LogP contribution in [0.5, 0.6) is 0 Å². The highest BCUT2D eigenvalue weighted by Crippen LogP contribution is 2.16. The molecule has 0 unspecified atom stereocenters. The highest BCUT2D eigenvalue weighted by atomic mass is 32.2. The maximum atomic E-state index is 4.64. The molecule has 1 aliphatic rings. The molecule has 2 rings (SSSR count). The van der Waals surface area contributed by atoms with E-state index in [9.17, 15) is 0 Å². The van der Waals surface area contributed by atoms with Crippen molar-refractivity contribution < 1.29 is 0 Å². The molecule has 0 bridgehead atoms. The normalized spacial score (nSPS) is 19.5. The molecule has 1 aromatic carbocycles. The Balaban J connectivity index is 1.98. The van der Waals surface area contributed by atoms with Gasteiger partial charge in [0.1, 0.15) is 0 Å². The van der Waals surface area contributed by atoms with E-state index in [1.807, 2.05) is 17.8 Å². The average Bonchev–Trinajstić information content (AvgIpc) is 2.29. The summed E-state index contributed by atoms with van der Waals surface area (Å²) in [6.45, 7) is 1.94. The molecule has 1 saturated heterocycles. The first-order chi connectivity index (χ1) is 7.36. The summed E-state index contributed by atoms with van der Waals surface area (Å²) in [6, 6.07) is 10.4. The molecule has 0 spiro atoms. The third-order valence-corrected chi connectivity index (χ3v) is 3.63. The fourth-order valence-electron chi connectivity index (χ4n) is 1.58. The van der Waals surface area contributed by atoms with Gasteiger partial charge >= 0.3 is 0 Å². The van der Waals surface area contributed by atoms with Crippen LogP contribution in [0.1, 0.15) is 12.0 Å². The fourth-order valence-corrected chi connectivity index (χ4v) is 2.50. The summed E-state index contributed by atoms with van der Waals surface area (Å²) in [5, 5.41) is 1.19. The van der Waals surface area contributed by atoms with Gasteiger partial charge in [-0.25, -0.2) is 0 Å². The standard InChI is InChI=1S/C12H16N2S/c1-14-8-5-9-15-12(14)13-10-11-6-3-2-4-7-11/h2-4,6-7H,5,8-10H2,1H3. The quantitative estimate of drug-likeness (QED) is 0.761. The number of aliphatic imine (C=N–C) groups is 1. The molecule has 0 atom stereocenters. The maximum Gasteiger partial charge on any atom is 0.159 e. The van der Waals surface area contributed by atoms with Gasteiger partial charge in [0.25, 0.3) is 0 Å². The van der Waals surface area contributed by atoms with Crippen molar-refractivity contribution in [2.24, 2.45) is 4.99 Å². The van der Waals surface area contributed by atoms with E-state index in [-0.39, 0.29) is 0 Å². The van der Waals surface area contributed by atoms with Gasteiger partial charge in [0.2, 0.25) is 0 Å². The molecule has 0 N–H and O–H groups in total. The Morgan fingerprint density at radius 3 is 2.87 bits per heavy atom. The Bertz CT molecular complexity index is 335. The van der Waals surface area contributed by atoms with Crippen molar-refractivity contribution in [1.82, 2.24) is 4.90 Å². The fraction of sp³-hybridized carbons (Fsp3) is 0.417. The van der Waals surface area contributed by atoms with Crippen LogP contribution in [0.25, 0.3) is 0 Å². The van der Waals surface area contributed by atoms with Crippen LogP contribution in [0.15, 0.2) is 35.3 Å². The van der Waals surface area contributed by atoms with Gasteiger partial charge in [-0.3, -0.25) is 4.99 Å². The zero-order chi connectivity index (χ0) is 10.5. The summed E-state index contributed by atoms with van der Waals surface area (Å²) in [6.07, 6.45) is 1.27. The van der Waals surface area contributed by atoms with Crippen molar-refractivity contribution in [1.29, 1.82) is 0 Å². The zero-order valence-electron chi connectivity index (χ0n) is 9.02. The topological polar surface area (TPSA) is 15.6 Å². The zero-order valence-corrected chi connectivity index (χ0v) is 9.83. The van der Waals surface area contributed by atoms with E-state index in [1.54, 1.807) is 0 Å². The molecule has 80 valence electrons. The third-order valence-electron chi connectivity index (χ3n) is 2.44. The van der Waals surface area contributed by atoms with E-state index in [1.165, 1.54) is 22.9 Å². The first-order valence-electron chi connectivity index (χ1n) is 5.28. The molecule has 15 heavy (non-hydrogen) atoms. The molecule has 0 aliphatic carbocycles. The van der Waals surface area contributed by atoms with Crippen molar-refractivity contribution in [2.75, 3.05) is 19.3 Å². The monoisotopic (exact) mass is 220 g/mol. The number of amidine groups is 1. The predicted molar refractivity (Wildman–Crippen MR) is 67.3 cm³/mol. The number of hydrogen-bond acceptors (Lipinski definition) is 2. The second-order valence-electron chi connectivity index (χ2n) is 3.71. The highest BCUT2D eigenvalue weighted by Gasteiger charge is 2.11. The van der Waals surface area contributed by atoms with Gasteiger partial charge in [-0.15, -0.1) is 0 Å². The van der Waals surface area contributed by atoms with Crippen molar-refractivity contribution in [3.8, 4) is 0 Å². The van der Waals surface area contributed by atoms with E-state index in [4.69, 9.17) is 0 Å². The number of nitrogens with zero attached hydrogens (tertiary/aromatic N) is 2. The first-order valence-corrected chi connectivity index (χ1v) is 6.27. The van der Waals surface area contributed by atoms with Crippen LogP contribution in [0.4, 0.5) is 0 Å². The molecule has 1 aromatic rings. The van der Waals surface area contributed by atoms with Gasteiger partial charge in [-0.2, -0.15) is 0 Å². The minimum absolute atomic E-state index is 0.799. The molecule has 0 aromatic heterocycles. The molecule has 1 heterocycles. The maximum absolute atomic E-state index is 4.64. The Morgan fingerprint density at radius 1 is 1.33 bits per heavy atom. The number of rotatable bonds is 2. The summed E-state index contributed by atoms with van der Waals surface area (Å²) in [4.78, 5) is 6.89. The van der Waals surface area contributed by atoms with Crippen LogP contribution in [-0.2, 0) is 6.54 Å². The smallest absolute Gasteiger partial charge is 0.159 e. The van der Waals surface area contributed by atoms with Crippen LogP contribution < -0.4 is 0 Å². The van der Waals surface area contributed by atoms with Crippen LogP contribution >= 0.6 is 11.8 Å². The summed E-state index contributed by atoms with van der Waals surface area (Å²) in [7, 11) is 2.12. The van der Waals surface area contributed by atoms with Gasteiger partial charge < -0.3 is 4.90 Å². The number of benzene rings is 1. The van der Waals surface area contributed by atoms with Crippen LogP contribution in [0.2, 0.25) is 0 Å². The summed E-state index contributed by atoms with van der Waals surface area (Å²) >= 11 is 1.87. The van der Waals surface area contributed by atoms with Gasteiger partial charge in [0.15, 0.2) is 5.17 Å². The molecule has 0 radical (unpaired) electrons. The lowest BCUT2D eigenvalue weighted by Crippen LogP contribution is -2.30. The van der Waals surface area contributed by atoms with E-state index in [0.717, 1.165) is 13.1 Å². The van der Waals surface area contributed by atoms with Crippen molar-refractivity contribution in [3.63, 3.8) is 0 Å². The van der Waals surface area contributed by atoms with Gasteiger partial charge in [-0.1, -0.05) is 42.1 Å². The van der Waals surface area contributed by atoms with Crippen LogP contribution in [-0.4, -0.2) is 29.4 Å². The van der Waals surface area contributed by atoms with Crippen molar-refractivity contribution >= 4 is 16.9 Å². The molecule has 1 aliphatic heterocycles. The molecule has 1 fully saturated rings.